The number of carbonyl (C=O) groups excluding carboxylic acids is 3. The normalized spacial score (nSPS) is 25.6. The van der Waals surface area contributed by atoms with Crippen molar-refractivity contribution in [3.63, 3.8) is 0 Å². The van der Waals surface area contributed by atoms with Crippen LogP contribution in [0.2, 0.25) is 5.02 Å². The number of aliphatic hydroxyl groups excluding tert-OH is 2. The smallest absolute Gasteiger partial charge is 0.276 e. The number of fused-ring (bicyclic) bond motifs is 3. The fourth-order valence-corrected chi connectivity index (χ4v) is 6.77. The molecule has 8 nitrogen and oxygen atoms in total. The first-order valence-electron chi connectivity index (χ1n) is 10.8. The summed E-state index contributed by atoms with van der Waals surface area (Å²) in [6.07, 6.45) is 5.95. The van der Waals surface area contributed by atoms with Crippen molar-refractivity contribution in [3.05, 3.63) is 69.3 Å². The quantitative estimate of drug-likeness (QED) is 0.225. The highest BCUT2D eigenvalue weighted by Gasteiger charge is 2.51. The van der Waals surface area contributed by atoms with Crippen LogP contribution >= 0.6 is 35.6 Å². The molecule has 3 unspecified atom stereocenters. The maximum absolute atomic E-state index is 13.3. The van der Waals surface area contributed by atoms with Gasteiger partial charge in [-0.05, 0) is 36.6 Å². The first-order valence-corrected chi connectivity index (χ1v) is 12.4. The molecule has 0 radical (unpaired) electrons. The van der Waals surface area contributed by atoms with E-state index in [0.29, 0.717) is 28.5 Å². The average Bonchev–Trinajstić information content (AvgIpc) is 2.80. The van der Waals surface area contributed by atoms with E-state index in [2.05, 4.69) is 10.9 Å². The van der Waals surface area contributed by atoms with Crippen molar-refractivity contribution < 1.29 is 29.7 Å². The number of hydrazine groups is 1. The lowest BCUT2D eigenvalue weighted by molar-refractivity contribution is -0.127. The van der Waals surface area contributed by atoms with Crippen LogP contribution in [0.15, 0.2) is 63.6 Å². The van der Waals surface area contributed by atoms with E-state index >= 15 is 0 Å². The molecular weight excluding hydrogens is 512 g/mol. The summed E-state index contributed by atoms with van der Waals surface area (Å²) in [6, 6.07) is 2.79. The SMILES string of the molecule is O=C(NNC1=CCC(=S)C=C1)C1=C(O)CC2CC3Sc4c(Cl)ccc(O)c4C(=O)C3=C(O)C2C1=O. The Morgan fingerprint density at radius 1 is 1.17 bits per heavy atom. The third-order valence-electron chi connectivity index (χ3n) is 6.49. The molecule has 1 heterocycles. The highest BCUT2D eigenvalue weighted by atomic mass is 35.5. The number of thioether (sulfide) groups is 1. The number of Topliss-reactive ketones (excluding diaryl/α,β-unsaturated/α-hetero) is 2. The molecule has 0 saturated heterocycles. The summed E-state index contributed by atoms with van der Waals surface area (Å²) in [6.45, 7) is 0. The Morgan fingerprint density at radius 3 is 2.66 bits per heavy atom. The van der Waals surface area contributed by atoms with Gasteiger partial charge >= 0.3 is 0 Å². The van der Waals surface area contributed by atoms with Gasteiger partial charge in [0.25, 0.3) is 5.91 Å². The van der Waals surface area contributed by atoms with Crippen LogP contribution in [0.4, 0.5) is 0 Å². The fraction of sp³-hybridized carbons (Fsp3) is 0.250. The summed E-state index contributed by atoms with van der Waals surface area (Å²) in [4.78, 5) is 40.5. The molecular formula is C24H19ClN2O6S2. The van der Waals surface area contributed by atoms with E-state index < -0.39 is 45.9 Å². The largest absolute Gasteiger partial charge is 0.511 e. The fourth-order valence-electron chi connectivity index (χ4n) is 4.86. The molecule has 0 bridgehead atoms. The zero-order chi connectivity index (χ0) is 25.0. The van der Waals surface area contributed by atoms with E-state index in [1.165, 1.54) is 23.9 Å². The van der Waals surface area contributed by atoms with Crippen LogP contribution in [0, 0.1) is 11.8 Å². The van der Waals surface area contributed by atoms with Crippen molar-refractivity contribution in [2.45, 2.75) is 29.4 Å². The van der Waals surface area contributed by atoms with Gasteiger partial charge in [0.15, 0.2) is 11.6 Å². The predicted octanol–water partition coefficient (Wildman–Crippen LogP) is 3.77. The lowest BCUT2D eigenvalue weighted by Crippen LogP contribution is -2.46. The number of aromatic hydroxyl groups is 1. The van der Waals surface area contributed by atoms with Gasteiger partial charge in [0.2, 0.25) is 0 Å². The molecule has 1 amide bonds. The van der Waals surface area contributed by atoms with Gasteiger partial charge in [-0.1, -0.05) is 29.9 Å². The van der Waals surface area contributed by atoms with Gasteiger partial charge in [0.05, 0.1) is 27.8 Å². The molecule has 4 aliphatic rings. The van der Waals surface area contributed by atoms with E-state index in [1.54, 1.807) is 18.2 Å². The molecule has 0 fully saturated rings. The molecule has 5 N–H and O–H groups in total. The minimum Gasteiger partial charge on any atom is -0.511 e. The minimum absolute atomic E-state index is 0.0146. The summed E-state index contributed by atoms with van der Waals surface area (Å²) in [5, 5.41) is 31.7. The molecule has 35 heavy (non-hydrogen) atoms. The number of thiocarbonyl (C=S) groups is 1. The number of carbonyl (C=O) groups is 3. The number of phenolic OH excluding ortho intramolecular Hbond substituents is 1. The molecule has 3 atom stereocenters. The predicted molar refractivity (Wildman–Crippen MR) is 133 cm³/mol. The summed E-state index contributed by atoms with van der Waals surface area (Å²) in [7, 11) is 0. The van der Waals surface area contributed by atoms with Gasteiger partial charge in [0.1, 0.15) is 22.8 Å². The number of hydrogen-bond donors (Lipinski definition) is 5. The monoisotopic (exact) mass is 530 g/mol. The summed E-state index contributed by atoms with van der Waals surface area (Å²) >= 11 is 12.5. The van der Waals surface area contributed by atoms with Crippen LogP contribution in [0.5, 0.6) is 5.75 Å². The van der Waals surface area contributed by atoms with E-state index in [9.17, 15) is 29.7 Å². The number of allylic oxidation sites excluding steroid dienone is 5. The van der Waals surface area contributed by atoms with Crippen LogP contribution in [0.25, 0.3) is 0 Å². The summed E-state index contributed by atoms with van der Waals surface area (Å²) < 4.78 is 0. The molecule has 3 aliphatic carbocycles. The third-order valence-corrected chi connectivity index (χ3v) is 8.59. The topological polar surface area (TPSA) is 136 Å². The van der Waals surface area contributed by atoms with Crippen molar-refractivity contribution in [2.75, 3.05) is 0 Å². The Hall–Kier alpha value is -3.08. The molecule has 1 aromatic rings. The first-order chi connectivity index (χ1) is 16.7. The highest BCUT2D eigenvalue weighted by Crippen LogP contribution is 2.53. The Morgan fingerprint density at radius 2 is 1.94 bits per heavy atom. The van der Waals surface area contributed by atoms with Crippen molar-refractivity contribution in [1.29, 1.82) is 0 Å². The van der Waals surface area contributed by atoms with Crippen molar-refractivity contribution in [3.8, 4) is 5.75 Å². The molecule has 1 aromatic carbocycles. The number of amides is 1. The number of aliphatic hydroxyl groups is 2. The van der Waals surface area contributed by atoms with E-state index in [0.717, 1.165) is 4.86 Å². The summed E-state index contributed by atoms with van der Waals surface area (Å²) in [5.74, 6) is -4.97. The first kappa shape index (κ1) is 23.7. The minimum atomic E-state index is -1.16. The molecule has 0 aromatic heterocycles. The number of rotatable bonds is 3. The number of ketones is 2. The number of nitrogens with one attached hydrogen (secondary N) is 2. The van der Waals surface area contributed by atoms with Crippen LogP contribution < -0.4 is 10.9 Å². The zero-order valence-corrected chi connectivity index (χ0v) is 20.4. The van der Waals surface area contributed by atoms with Crippen LogP contribution in [-0.4, -0.2) is 42.9 Å². The zero-order valence-electron chi connectivity index (χ0n) is 18.0. The Bertz CT molecular complexity index is 1350. The van der Waals surface area contributed by atoms with Gasteiger partial charge in [-0.25, -0.2) is 0 Å². The average molecular weight is 531 g/mol. The van der Waals surface area contributed by atoms with Gasteiger partial charge in [-0.15, -0.1) is 11.8 Å². The number of hydrogen-bond acceptors (Lipinski definition) is 9. The summed E-state index contributed by atoms with van der Waals surface area (Å²) in [5.41, 5.74) is 5.18. The second-order valence-corrected chi connectivity index (χ2v) is 10.8. The molecule has 1 aliphatic heterocycles. The number of benzene rings is 1. The van der Waals surface area contributed by atoms with Crippen LogP contribution in [0.3, 0.4) is 0 Å². The van der Waals surface area contributed by atoms with Gasteiger partial charge in [-0.2, -0.15) is 0 Å². The van der Waals surface area contributed by atoms with E-state index in [1.807, 2.05) is 0 Å². The van der Waals surface area contributed by atoms with Gasteiger partial charge in [0, 0.05) is 27.9 Å². The lowest BCUT2D eigenvalue weighted by Gasteiger charge is -2.40. The highest BCUT2D eigenvalue weighted by molar-refractivity contribution is 8.00. The Balaban J connectivity index is 1.43. The molecule has 5 rings (SSSR count). The van der Waals surface area contributed by atoms with Crippen molar-refractivity contribution in [2.24, 2.45) is 11.8 Å². The van der Waals surface area contributed by atoms with Crippen molar-refractivity contribution in [1.82, 2.24) is 10.9 Å². The van der Waals surface area contributed by atoms with Gasteiger partial charge in [-0.3, -0.25) is 25.2 Å². The molecule has 0 spiro atoms. The van der Waals surface area contributed by atoms with Crippen LogP contribution in [0.1, 0.15) is 29.6 Å². The second kappa shape index (κ2) is 8.85. The number of halogens is 1. The second-order valence-electron chi connectivity index (χ2n) is 8.61. The third kappa shape index (κ3) is 3.95. The Kier molecular flexibility index (Phi) is 5.98. The molecule has 11 heteroatoms. The standard InChI is InChI=1S/C24H19ClN2O6S2/c25-12-5-6-13(28)17-22(32)19-15(35-23(12)17)8-9-7-14(29)18(20(30)16(9)21(19)31)24(33)27-26-10-1-3-11(34)4-2-10/h1-3,5-6,9,15-16,26,28-29,31H,4,7-8H2,(H,27,33). The van der Waals surface area contributed by atoms with Crippen molar-refractivity contribution >= 4 is 57.9 Å². The van der Waals surface area contributed by atoms with Crippen LogP contribution in [-0.2, 0) is 9.59 Å². The lowest BCUT2D eigenvalue weighted by atomic mass is 9.68. The maximum Gasteiger partial charge on any atom is 0.276 e. The maximum atomic E-state index is 13.3. The Labute approximate surface area is 214 Å². The van der Waals surface area contributed by atoms with E-state index in [-0.39, 0.29) is 29.1 Å². The molecule has 0 saturated carbocycles. The van der Waals surface area contributed by atoms with E-state index in [4.69, 9.17) is 23.8 Å². The van der Waals surface area contributed by atoms with Gasteiger partial charge < -0.3 is 15.3 Å². The molecule has 180 valence electrons. The number of phenols is 1.